The third-order valence-corrected chi connectivity index (χ3v) is 25.7. The third-order valence-electron chi connectivity index (χ3n) is 20.0. The van der Waals surface area contributed by atoms with Crippen LogP contribution in [0.5, 0.6) is 40.5 Å². The van der Waals surface area contributed by atoms with Gasteiger partial charge in [-0.1, -0.05) is 182 Å². The molecular weight excluding hydrogens is 2110 g/mol. The summed E-state index contributed by atoms with van der Waals surface area (Å²) in [6, 6.07) is 56.6. The lowest BCUT2D eigenvalue weighted by atomic mass is 9.77. The number of methoxy groups -OCH3 is 1. The van der Waals surface area contributed by atoms with E-state index in [4.69, 9.17) is 110 Å². The van der Waals surface area contributed by atoms with E-state index in [0.717, 1.165) is 34.5 Å². The number of benzene rings is 7. The molecular formula is C93H122Cl6F4N13O23P5. The number of aliphatic hydroxyl groups is 1. The first-order valence-electron chi connectivity index (χ1n) is 42.9. The average molecular weight is 2230 g/mol. The number of imidazole rings is 2. The minimum absolute atomic E-state index is 0. The number of ether oxygens (including phenoxy) is 8. The number of fused-ring (bicyclic) bond motifs is 2. The molecule has 0 bridgehead atoms. The lowest BCUT2D eigenvalue weighted by Gasteiger charge is -2.37. The van der Waals surface area contributed by atoms with Crippen LogP contribution in [0.4, 0.5) is 29.5 Å². The number of anilines is 2. The Labute approximate surface area is 863 Å². The highest BCUT2D eigenvalue weighted by Gasteiger charge is 2.66. The highest BCUT2D eigenvalue weighted by Crippen LogP contribution is 2.62. The molecule has 7 N–H and O–H groups in total. The molecule has 0 radical (unpaired) electrons. The topological polar surface area (TPSA) is 447 Å². The molecule has 13 rings (SSSR count). The predicted molar refractivity (Wildman–Crippen MR) is 551 cm³/mol. The summed E-state index contributed by atoms with van der Waals surface area (Å²) in [5.41, 5.74) is 2.23. The van der Waals surface area contributed by atoms with Crippen LogP contribution in [0.2, 0.25) is 0 Å². The first-order valence-corrected chi connectivity index (χ1v) is 56.4. The van der Waals surface area contributed by atoms with Gasteiger partial charge in [-0.25, -0.2) is 50.9 Å². The molecule has 0 spiro atoms. The van der Waals surface area contributed by atoms with Crippen LogP contribution in [0.1, 0.15) is 156 Å². The monoisotopic (exact) mass is 2230 g/mol. The smallest absolute Gasteiger partial charge is 0.459 e. The van der Waals surface area contributed by atoms with Crippen molar-refractivity contribution in [3.63, 3.8) is 0 Å². The van der Waals surface area contributed by atoms with Crippen molar-refractivity contribution >= 4 is 153 Å². The van der Waals surface area contributed by atoms with Gasteiger partial charge in [0.05, 0.1) is 57.2 Å². The lowest BCUT2D eigenvalue weighted by molar-refractivity contribution is -0.202. The summed E-state index contributed by atoms with van der Waals surface area (Å²) in [4.78, 5) is 63.0. The number of nitrogens with one attached hydrogen (secondary N) is 4. The van der Waals surface area contributed by atoms with Gasteiger partial charge in [-0.2, -0.15) is 30.1 Å². The number of esters is 3. The van der Waals surface area contributed by atoms with E-state index in [1.54, 1.807) is 160 Å². The largest absolute Gasteiger partial charge is 0.497 e. The van der Waals surface area contributed by atoms with Crippen LogP contribution in [-0.4, -0.2) is 161 Å². The van der Waals surface area contributed by atoms with Crippen molar-refractivity contribution in [1.82, 2.24) is 54.3 Å². The molecule has 0 aliphatic carbocycles. The van der Waals surface area contributed by atoms with Gasteiger partial charge in [-0.15, -0.1) is 0 Å². The molecule has 0 saturated carbocycles. The van der Waals surface area contributed by atoms with Crippen LogP contribution in [0.15, 0.2) is 219 Å². The average Bonchev–Trinajstić information content (AvgIpc) is 1.46. The number of rotatable bonds is 38. The van der Waals surface area contributed by atoms with Crippen LogP contribution < -0.4 is 58.6 Å². The van der Waals surface area contributed by atoms with Crippen molar-refractivity contribution in [2.75, 3.05) is 44.6 Å². The summed E-state index contributed by atoms with van der Waals surface area (Å²) in [5.74, 6) is -8.20. The molecule has 36 nitrogen and oxygen atoms in total. The Morgan fingerprint density at radius 3 is 1.18 bits per heavy atom. The number of nitrogens with two attached hydrogens (primary N) is 1. The first-order chi connectivity index (χ1) is 65.7. The standard InChI is InChI=1S/C46H51F2N6O8P.C25H33F2N6O8P.C12H17ClNO4P.C6H5Cl2O2P.4CH4.Cl3OP/c1-8-58-40-38-39(50-43(51-40)52-46(33-18-12-9-13-19-33,34-20-14-10-15-21-34)35-24-26-36(57-7)27-25-35)54(29-49-38)42-44(6,47)32(5)45(48,61-42)28-59-63(56,62-37-22-16-11-17-23-37)53-31(4)41(55)60-30(2)3;1-6-37-19-17-18(30-23(28)31-19)33(13-29-17)22-24(5,26)21(35)25(27,40-22)12-38-42(36,41-16-10-8-7-9-11-16)32-15(4)20(34)39-14(2)3;1-9(2)17-12(15)10(3)14-19(13,16)18-11-7-5-4-6-8-11;7-11(8,9)10-6-4-2-1-3-5-6;;;;;1-5(2,3)4/h9-27,29-32,42H,8,28H2,1-7H3,(H,53,56)(H,50,51,52);7-11,13-15,21-22,35H,6,12H2,1-5H3,(H,32,36)(H2,28,30,31);4-10H,1-3H3,(H,14,16);1-5H;4*1H4;/t31-,32-,42+,44+,45+,63?;15-,21-,22+,24+,25+,42?;10-,19?;;;;;;/m000....../s1. The molecule has 11 aromatic rings. The van der Waals surface area contributed by atoms with Crippen LogP contribution in [0.3, 0.4) is 0 Å². The number of para-hydroxylation sites is 4. The van der Waals surface area contributed by atoms with Gasteiger partial charge in [-0.05, 0) is 201 Å². The second-order valence-electron chi connectivity index (χ2n) is 32.0. The molecule has 144 heavy (non-hydrogen) atoms. The maximum Gasteiger partial charge on any atom is 0.459 e. The Morgan fingerprint density at radius 1 is 0.472 bits per heavy atom. The lowest BCUT2D eigenvalue weighted by Crippen LogP contribution is -2.47. The zero-order chi connectivity index (χ0) is 103. The van der Waals surface area contributed by atoms with Gasteiger partial charge in [0, 0.05) is 33.7 Å². The van der Waals surface area contributed by atoms with Gasteiger partial charge in [0.15, 0.2) is 52.2 Å². The number of hydrogen-bond acceptors (Lipinski definition) is 31. The third kappa shape index (κ3) is 34.8. The number of nitrogen functional groups attached to an aromatic ring is 1. The van der Waals surface area contributed by atoms with E-state index in [1.807, 2.05) is 84.9 Å². The predicted octanol–water partition coefficient (Wildman–Crippen LogP) is 24.9. The number of carbonyl (C=O) groups is 3. The summed E-state index contributed by atoms with van der Waals surface area (Å²) >= 11 is 29.9. The van der Waals surface area contributed by atoms with Crippen LogP contribution >= 0.6 is 101 Å². The number of aromatic nitrogens is 8. The fourth-order valence-electron chi connectivity index (χ4n) is 13.5. The highest BCUT2D eigenvalue weighted by atomic mass is 36.0. The zero-order valence-electron chi connectivity index (χ0n) is 78.0. The van der Waals surface area contributed by atoms with E-state index in [2.05, 4.69) is 78.8 Å². The minimum Gasteiger partial charge on any atom is -0.497 e. The van der Waals surface area contributed by atoms with E-state index >= 15 is 17.6 Å². The SMILES string of the molecule is C.C.C.C.CC(C)OC(=O)[C@H](C)NP(=O)(Cl)Oc1ccccc1.CCOc1nc(N)nc2c1ncn2[C@@H]1O[C@](F)(COP(=O)(N[C@@H](C)C(=O)OC(C)C)Oc2ccccc2)[C@@H](O)[C@@]1(C)F.CCOc1nc(NC(c2ccccc2)(c2ccccc2)c2ccc(OC)cc2)nc2c1ncn2[C@@H]1O[C@](F)(COP(=O)(N[C@@H](C)C(=O)OC(C)C)Oc2ccccc2)[C@@H](C)[C@@]1(C)F.O=P(Cl)(Cl)Cl.O=P(Cl)(Cl)Oc1ccccc1. The number of halogens is 10. The van der Waals surface area contributed by atoms with Crippen LogP contribution in [0, 0.1) is 5.92 Å². The van der Waals surface area contributed by atoms with Gasteiger partial charge in [0.2, 0.25) is 29.5 Å². The highest BCUT2D eigenvalue weighted by molar-refractivity contribution is 8.24. The van der Waals surface area contributed by atoms with Crippen LogP contribution in [-0.2, 0) is 75.5 Å². The van der Waals surface area contributed by atoms with Crippen molar-refractivity contribution in [2.45, 2.75) is 210 Å². The van der Waals surface area contributed by atoms with E-state index in [9.17, 15) is 42.3 Å². The molecule has 2 aliphatic heterocycles. The van der Waals surface area contributed by atoms with Gasteiger partial charge >= 0.3 is 51.5 Å². The van der Waals surface area contributed by atoms with Crippen molar-refractivity contribution in [3.05, 3.63) is 236 Å². The van der Waals surface area contributed by atoms with Gasteiger partial charge in [0.1, 0.15) is 65.6 Å². The van der Waals surface area contributed by atoms with Crippen LogP contribution in [0.25, 0.3) is 22.3 Å². The summed E-state index contributed by atoms with van der Waals surface area (Å²) < 4.78 is 205. The van der Waals surface area contributed by atoms with E-state index in [0.29, 0.717) is 17.2 Å². The fraction of sp³-hybridized carbons (Fsp3) is 0.409. The summed E-state index contributed by atoms with van der Waals surface area (Å²) in [7, 11) is -7.54. The molecule has 6 heterocycles. The minimum atomic E-state index is -4.58. The normalized spacial score (nSPS) is 20.3. The molecule has 51 heteroatoms. The molecule has 7 aromatic carbocycles. The Morgan fingerprint density at radius 2 is 0.806 bits per heavy atom. The first kappa shape index (κ1) is 125. The summed E-state index contributed by atoms with van der Waals surface area (Å²) in [6.07, 6.45) is -8.21. The Hall–Kier alpha value is -9.46. The maximum atomic E-state index is 17.3. The fourth-order valence-corrected chi connectivity index (χ4v) is 19.1. The van der Waals surface area contributed by atoms with E-state index in [-0.39, 0.29) is 107 Å². The molecule has 4 aromatic heterocycles. The number of carbonyl (C=O) groups excluding carboxylic acids is 3. The second-order valence-corrected chi connectivity index (χ2v) is 49.0. The summed E-state index contributed by atoms with van der Waals surface area (Å²) in [5, 5.41) is 18.5. The number of aliphatic hydroxyl groups excluding tert-OH is 1. The quantitative estimate of drug-likeness (QED) is 0.00688. The molecule has 2 aliphatic rings. The summed E-state index contributed by atoms with van der Waals surface area (Å²) in [6.45, 7) is 15.6. The molecule has 0 amide bonds. The maximum absolute atomic E-state index is 17.3. The Kier molecular flexibility index (Phi) is 47.3. The van der Waals surface area contributed by atoms with Gasteiger partial charge in [-0.3, -0.25) is 37.1 Å². The van der Waals surface area contributed by atoms with Gasteiger partial charge in [0.25, 0.3) is 5.85 Å². The molecule has 3 unspecified atom stereocenters. The molecule has 2 saturated heterocycles. The van der Waals surface area contributed by atoms with Gasteiger partial charge < -0.3 is 72.1 Å². The second kappa shape index (κ2) is 54.5. The molecule has 792 valence electrons. The number of alkyl halides is 4. The van der Waals surface area contributed by atoms with E-state index < -0.39 is 148 Å². The molecule has 14 atom stereocenters. The molecule has 2 fully saturated rings. The van der Waals surface area contributed by atoms with Crippen molar-refractivity contribution in [2.24, 2.45) is 5.92 Å². The van der Waals surface area contributed by atoms with Crippen molar-refractivity contribution in [1.29, 1.82) is 0 Å². The van der Waals surface area contributed by atoms with Crippen molar-refractivity contribution in [3.8, 4) is 40.5 Å². The van der Waals surface area contributed by atoms with E-state index in [1.165, 1.54) is 69.8 Å². The number of nitrogens with zero attached hydrogens (tertiary/aromatic N) is 8. The number of hydrogen-bond donors (Lipinski definition) is 6. The van der Waals surface area contributed by atoms with Crippen molar-refractivity contribution < 1.29 is 125 Å². The zero-order valence-corrected chi connectivity index (χ0v) is 87.0. The Balaban J connectivity index is 0.000000384. The Bertz CT molecular complexity index is 6120.